The molecule has 3 aromatic rings. The molecule has 4 nitrogen and oxygen atoms in total. The average molecular weight is 377 g/mol. The largest absolute Gasteiger partial charge is 0.489 e. The molecule has 2 unspecified atom stereocenters. The highest BCUT2D eigenvalue weighted by Crippen LogP contribution is 2.39. The van der Waals surface area contributed by atoms with E-state index < -0.39 is 0 Å². The van der Waals surface area contributed by atoms with Crippen molar-refractivity contribution in [3.63, 3.8) is 0 Å². The molecule has 0 amide bonds. The van der Waals surface area contributed by atoms with Crippen LogP contribution in [-0.2, 0) is 22.6 Å². The van der Waals surface area contributed by atoms with Gasteiger partial charge in [-0.3, -0.25) is 4.79 Å². The number of ether oxygens (including phenoxy) is 2. The van der Waals surface area contributed by atoms with Crippen LogP contribution in [0, 0.1) is 0 Å². The van der Waals surface area contributed by atoms with Gasteiger partial charge in [-0.15, -0.1) is 0 Å². The normalized spacial score (nSPS) is 17.6. The van der Waals surface area contributed by atoms with Crippen molar-refractivity contribution in [1.29, 1.82) is 0 Å². The van der Waals surface area contributed by atoms with E-state index in [0.717, 1.165) is 42.5 Å². The number of aromatic amines is 1. The quantitative estimate of drug-likeness (QED) is 0.471. The summed E-state index contributed by atoms with van der Waals surface area (Å²) >= 11 is 0. The number of H-pyrrole nitrogens is 1. The SMILES string of the molecule is CC(=O)OC(C)C1CCCCc2[nH]c3cc(OCc4ccccc4)ccc3c21. The predicted octanol–water partition coefficient (Wildman–Crippen LogP) is 5.51. The van der Waals surface area contributed by atoms with E-state index in [2.05, 4.69) is 29.2 Å². The number of aromatic nitrogens is 1. The Morgan fingerprint density at radius 3 is 2.79 bits per heavy atom. The van der Waals surface area contributed by atoms with E-state index in [1.165, 1.54) is 23.6 Å². The minimum atomic E-state index is -0.213. The first-order valence-electron chi connectivity index (χ1n) is 10.1. The van der Waals surface area contributed by atoms with Crippen molar-refractivity contribution in [1.82, 2.24) is 4.98 Å². The molecular formula is C24H27NO3. The molecule has 1 aliphatic rings. The molecule has 1 aromatic heterocycles. The summed E-state index contributed by atoms with van der Waals surface area (Å²) in [6, 6.07) is 16.5. The van der Waals surface area contributed by atoms with E-state index >= 15 is 0 Å². The minimum absolute atomic E-state index is 0.123. The number of fused-ring (bicyclic) bond motifs is 3. The predicted molar refractivity (Wildman–Crippen MR) is 111 cm³/mol. The second kappa shape index (κ2) is 8.09. The van der Waals surface area contributed by atoms with Crippen LogP contribution < -0.4 is 4.74 Å². The molecule has 2 aromatic carbocycles. The van der Waals surface area contributed by atoms with Crippen LogP contribution in [0.2, 0.25) is 0 Å². The zero-order valence-corrected chi connectivity index (χ0v) is 16.5. The molecule has 1 N–H and O–H groups in total. The van der Waals surface area contributed by atoms with Crippen molar-refractivity contribution >= 4 is 16.9 Å². The summed E-state index contributed by atoms with van der Waals surface area (Å²) in [6.07, 6.45) is 4.26. The van der Waals surface area contributed by atoms with Crippen LogP contribution in [0.4, 0.5) is 0 Å². The van der Waals surface area contributed by atoms with Crippen LogP contribution in [0.25, 0.3) is 10.9 Å². The Morgan fingerprint density at radius 2 is 2.00 bits per heavy atom. The Balaban J connectivity index is 1.62. The number of carbonyl (C=O) groups excluding carboxylic acids is 1. The highest BCUT2D eigenvalue weighted by Gasteiger charge is 2.29. The third-order valence-electron chi connectivity index (χ3n) is 5.62. The highest BCUT2D eigenvalue weighted by molar-refractivity contribution is 5.86. The molecule has 2 atom stereocenters. The smallest absolute Gasteiger partial charge is 0.302 e. The van der Waals surface area contributed by atoms with Gasteiger partial charge in [0.2, 0.25) is 0 Å². The lowest BCUT2D eigenvalue weighted by Gasteiger charge is -2.23. The van der Waals surface area contributed by atoms with Crippen LogP contribution in [0.1, 0.15) is 55.8 Å². The van der Waals surface area contributed by atoms with Crippen LogP contribution in [0.3, 0.4) is 0 Å². The fourth-order valence-corrected chi connectivity index (χ4v) is 4.33. The van der Waals surface area contributed by atoms with E-state index in [9.17, 15) is 4.79 Å². The molecule has 0 saturated carbocycles. The van der Waals surface area contributed by atoms with Crippen molar-refractivity contribution in [2.24, 2.45) is 0 Å². The molecule has 0 radical (unpaired) electrons. The molecule has 0 fully saturated rings. The second-order valence-corrected chi connectivity index (χ2v) is 7.67. The first kappa shape index (κ1) is 18.6. The van der Waals surface area contributed by atoms with Crippen molar-refractivity contribution in [3.8, 4) is 5.75 Å². The number of benzene rings is 2. The first-order valence-corrected chi connectivity index (χ1v) is 10.1. The van der Waals surface area contributed by atoms with Crippen LogP contribution in [0.5, 0.6) is 5.75 Å². The summed E-state index contributed by atoms with van der Waals surface area (Å²) < 4.78 is 11.5. The molecule has 0 aliphatic heterocycles. The maximum atomic E-state index is 11.5. The minimum Gasteiger partial charge on any atom is -0.489 e. The molecule has 146 valence electrons. The molecular weight excluding hydrogens is 350 g/mol. The lowest BCUT2D eigenvalue weighted by Crippen LogP contribution is -2.21. The molecule has 0 saturated heterocycles. The van der Waals surface area contributed by atoms with Crippen LogP contribution in [-0.4, -0.2) is 17.1 Å². The lowest BCUT2D eigenvalue weighted by atomic mass is 9.89. The summed E-state index contributed by atoms with van der Waals surface area (Å²) in [5.74, 6) is 0.873. The third-order valence-corrected chi connectivity index (χ3v) is 5.62. The lowest BCUT2D eigenvalue weighted by molar-refractivity contribution is -0.146. The van der Waals surface area contributed by atoms with Crippen molar-refractivity contribution in [3.05, 3.63) is 65.4 Å². The van der Waals surface area contributed by atoms with Crippen molar-refractivity contribution < 1.29 is 14.3 Å². The van der Waals surface area contributed by atoms with Gasteiger partial charge in [0.1, 0.15) is 18.5 Å². The second-order valence-electron chi connectivity index (χ2n) is 7.67. The van der Waals surface area contributed by atoms with Gasteiger partial charge in [0.15, 0.2) is 0 Å². The number of hydrogen-bond acceptors (Lipinski definition) is 3. The third kappa shape index (κ3) is 3.91. The number of nitrogens with one attached hydrogen (secondary N) is 1. The Labute approximate surface area is 165 Å². The molecule has 28 heavy (non-hydrogen) atoms. The van der Waals surface area contributed by atoms with Gasteiger partial charge in [0.05, 0.1) is 0 Å². The van der Waals surface area contributed by atoms with Crippen LogP contribution in [0.15, 0.2) is 48.5 Å². The van der Waals surface area contributed by atoms with E-state index in [1.54, 1.807) is 0 Å². The number of hydrogen-bond donors (Lipinski definition) is 1. The molecule has 0 spiro atoms. The Hall–Kier alpha value is -2.75. The van der Waals surface area contributed by atoms with E-state index in [0.29, 0.717) is 6.61 Å². The van der Waals surface area contributed by atoms with Gasteiger partial charge in [0, 0.05) is 35.5 Å². The van der Waals surface area contributed by atoms with Gasteiger partial charge in [-0.2, -0.15) is 0 Å². The monoisotopic (exact) mass is 377 g/mol. The Morgan fingerprint density at radius 1 is 1.18 bits per heavy atom. The maximum Gasteiger partial charge on any atom is 0.302 e. The van der Waals surface area contributed by atoms with Gasteiger partial charge in [-0.05, 0) is 49.4 Å². The standard InChI is InChI=1S/C24H27NO3/c1-16(28-17(2)26)20-10-6-7-11-22-24(20)21-13-12-19(14-23(21)25-22)27-15-18-8-4-3-5-9-18/h3-5,8-9,12-14,16,20,25H,6-7,10-11,15H2,1-2H3. The molecule has 0 bridgehead atoms. The summed E-state index contributed by atoms with van der Waals surface area (Å²) in [5.41, 5.74) is 4.84. The summed E-state index contributed by atoms with van der Waals surface area (Å²) in [6.45, 7) is 4.05. The van der Waals surface area contributed by atoms with Crippen molar-refractivity contribution in [2.45, 2.75) is 58.2 Å². The van der Waals surface area contributed by atoms with Gasteiger partial charge >= 0.3 is 5.97 Å². The fourth-order valence-electron chi connectivity index (χ4n) is 4.33. The molecule has 4 rings (SSSR count). The molecule has 4 heteroatoms. The summed E-state index contributed by atoms with van der Waals surface area (Å²) in [4.78, 5) is 15.1. The summed E-state index contributed by atoms with van der Waals surface area (Å²) in [5, 5.41) is 1.22. The van der Waals surface area contributed by atoms with E-state index in [-0.39, 0.29) is 18.0 Å². The van der Waals surface area contributed by atoms with Gasteiger partial charge in [-0.25, -0.2) is 0 Å². The topological polar surface area (TPSA) is 51.3 Å². The van der Waals surface area contributed by atoms with Gasteiger partial charge in [0.25, 0.3) is 0 Å². The fraction of sp³-hybridized carbons (Fsp3) is 0.375. The van der Waals surface area contributed by atoms with Crippen molar-refractivity contribution in [2.75, 3.05) is 0 Å². The zero-order valence-electron chi connectivity index (χ0n) is 16.5. The van der Waals surface area contributed by atoms with E-state index in [4.69, 9.17) is 9.47 Å². The number of carbonyl (C=O) groups is 1. The number of esters is 1. The molecule has 1 heterocycles. The molecule has 1 aliphatic carbocycles. The number of rotatable bonds is 5. The first-order chi connectivity index (χ1) is 13.6. The number of aryl methyl sites for hydroxylation is 1. The van der Waals surface area contributed by atoms with Gasteiger partial charge in [-0.1, -0.05) is 36.8 Å². The average Bonchev–Trinajstić information content (AvgIpc) is 2.90. The van der Waals surface area contributed by atoms with Gasteiger partial charge < -0.3 is 14.5 Å². The van der Waals surface area contributed by atoms with E-state index in [1.807, 2.05) is 31.2 Å². The maximum absolute atomic E-state index is 11.5. The Kier molecular flexibility index (Phi) is 5.38. The Bertz CT molecular complexity index is 961. The zero-order chi connectivity index (χ0) is 19.5. The van der Waals surface area contributed by atoms with Crippen LogP contribution >= 0.6 is 0 Å². The highest BCUT2D eigenvalue weighted by atomic mass is 16.5. The summed E-state index contributed by atoms with van der Waals surface area (Å²) in [7, 11) is 0.